The summed E-state index contributed by atoms with van der Waals surface area (Å²) in [7, 11) is 5.33. The number of aliphatic carboxylic acids is 1. The lowest BCUT2D eigenvalue weighted by atomic mass is 10.1. The third kappa shape index (κ3) is 20.8. The van der Waals surface area contributed by atoms with Crippen LogP contribution in [0.2, 0.25) is 0 Å². The number of carboxylic acid groups (broad SMARTS) is 1. The van der Waals surface area contributed by atoms with Gasteiger partial charge >= 0.3 is 5.97 Å². The molecule has 0 aromatic heterocycles. The topological polar surface area (TPSA) is 95.9 Å². The maximum absolute atomic E-state index is 11.8. The van der Waals surface area contributed by atoms with E-state index in [1.807, 2.05) is 0 Å². The van der Waals surface area contributed by atoms with Crippen LogP contribution in [-0.4, -0.2) is 74.6 Å². The molecular formula is C28H47NO6. The third-order valence-corrected chi connectivity index (χ3v) is 5.21. The molecule has 0 aromatic rings. The fraction of sp³-hybridized carbons (Fsp3) is 0.643. The number of hydrogen-bond acceptors (Lipinski definition) is 6. The lowest BCUT2D eigenvalue weighted by Crippen LogP contribution is -2.55. The molecule has 0 saturated carbocycles. The molecule has 0 saturated heterocycles. The number of hydrogen-bond donors (Lipinski definition) is 1. The van der Waals surface area contributed by atoms with E-state index in [0.717, 1.165) is 44.9 Å². The number of nitrogens with zero attached hydrogens (tertiary/aromatic N) is 1. The summed E-state index contributed by atoms with van der Waals surface area (Å²) < 4.78 is 10.6. The number of aliphatic hydroxyl groups is 1. The highest BCUT2D eigenvalue weighted by Crippen LogP contribution is 2.08. The van der Waals surface area contributed by atoms with Gasteiger partial charge in [-0.2, -0.15) is 0 Å². The number of likely N-dealkylation sites (N-methyl/N-ethyl adjacent to an activating group) is 1. The number of allylic oxidation sites excluding steroid dienone is 8. The summed E-state index contributed by atoms with van der Waals surface area (Å²) in [6.07, 6.45) is 23.4. The van der Waals surface area contributed by atoms with Gasteiger partial charge in [-0.05, 0) is 44.9 Å². The molecule has 35 heavy (non-hydrogen) atoms. The van der Waals surface area contributed by atoms with E-state index in [2.05, 4.69) is 55.5 Å². The number of carboxylic acids is 1. The number of quaternary nitrogens is 1. The Morgan fingerprint density at radius 1 is 0.886 bits per heavy atom. The van der Waals surface area contributed by atoms with Crippen LogP contribution in [-0.2, 0) is 19.1 Å². The quantitative estimate of drug-likeness (QED) is 0.114. The van der Waals surface area contributed by atoms with Crippen LogP contribution >= 0.6 is 0 Å². The maximum atomic E-state index is 11.8. The minimum absolute atomic E-state index is 0.0178. The van der Waals surface area contributed by atoms with Gasteiger partial charge in [0.1, 0.15) is 18.8 Å². The van der Waals surface area contributed by atoms with Crippen molar-refractivity contribution >= 4 is 11.9 Å². The van der Waals surface area contributed by atoms with Gasteiger partial charge in [0.15, 0.2) is 0 Å². The van der Waals surface area contributed by atoms with E-state index in [-0.39, 0.29) is 36.7 Å². The highest BCUT2D eigenvalue weighted by atomic mass is 16.5. The predicted octanol–water partition coefficient (Wildman–Crippen LogP) is 3.49. The number of ether oxygens (including phenoxy) is 2. The molecule has 2 unspecified atom stereocenters. The first-order valence-electron chi connectivity index (χ1n) is 12.7. The average Bonchev–Trinajstić information content (AvgIpc) is 2.79. The fourth-order valence-electron chi connectivity index (χ4n) is 3.17. The Bertz CT molecular complexity index is 675. The van der Waals surface area contributed by atoms with E-state index in [1.54, 1.807) is 21.1 Å². The minimum atomic E-state index is -1.13. The SMILES string of the molecule is CC/C=C\C/C=C\C/C=C\C/C=C\CCCCC(=O)OCC(O)COCCC(C(=O)[O-])[N+](C)(C)C. The normalized spacial score (nSPS) is 14.4. The molecule has 0 fully saturated rings. The first-order chi connectivity index (χ1) is 16.7. The Labute approximate surface area is 212 Å². The van der Waals surface area contributed by atoms with Gasteiger partial charge in [-0.15, -0.1) is 0 Å². The monoisotopic (exact) mass is 493 g/mol. The largest absolute Gasteiger partial charge is 0.544 e. The van der Waals surface area contributed by atoms with E-state index in [1.165, 1.54) is 0 Å². The summed E-state index contributed by atoms with van der Waals surface area (Å²) in [6, 6.07) is -0.693. The lowest BCUT2D eigenvalue weighted by Gasteiger charge is -2.34. The zero-order chi connectivity index (χ0) is 26.4. The number of esters is 1. The van der Waals surface area contributed by atoms with Crippen LogP contribution in [0.15, 0.2) is 48.6 Å². The van der Waals surface area contributed by atoms with Crippen molar-refractivity contribution < 1.29 is 33.8 Å². The molecule has 7 nitrogen and oxygen atoms in total. The Kier molecular flexibility index (Phi) is 19.8. The van der Waals surface area contributed by atoms with Crippen molar-refractivity contribution in [2.24, 2.45) is 0 Å². The highest BCUT2D eigenvalue weighted by molar-refractivity contribution is 5.69. The van der Waals surface area contributed by atoms with Crippen molar-refractivity contribution in [2.75, 3.05) is 41.0 Å². The minimum Gasteiger partial charge on any atom is -0.544 e. The molecule has 1 N–H and O–H groups in total. The number of carbonyl (C=O) groups is 2. The second kappa shape index (κ2) is 21.1. The van der Waals surface area contributed by atoms with Gasteiger partial charge in [0.25, 0.3) is 0 Å². The number of rotatable bonds is 21. The molecule has 0 radical (unpaired) electrons. The van der Waals surface area contributed by atoms with Gasteiger partial charge in [-0.1, -0.05) is 55.5 Å². The maximum Gasteiger partial charge on any atom is 0.305 e. The van der Waals surface area contributed by atoms with E-state index < -0.39 is 18.1 Å². The van der Waals surface area contributed by atoms with E-state index in [9.17, 15) is 19.8 Å². The van der Waals surface area contributed by atoms with Crippen LogP contribution in [0.1, 0.15) is 64.7 Å². The molecule has 0 aliphatic heterocycles. The Hall–Kier alpha value is -2.22. The van der Waals surface area contributed by atoms with Gasteiger partial charge in [-0.25, -0.2) is 0 Å². The van der Waals surface area contributed by atoms with Gasteiger partial charge < -0.3 is 29.0 Å². The van der Waals surface area contributed by atoms with Crippen LogP contribution in [0.5, 0.6) is 0 Å². The Morgan fingerprint density at radius 3 is 2.00 bits per heavy atom. The van der Waals surface area contributed by atoms with Crippen molar-refractivity contribution in [2.45, 2.75) is 76.9 Å². The molecule has 0 aliphatic carbocycles. The molecule has 0 amide bonds. The molecule has 200 valence electrons. The lowest BCUT2D eigenvalue weighted by molar-refractivity contribution is -0.889. The van der Waals surface area contributed by atoms with Gasteiger partial charge in [-0.3, -0.25) is 4.79 Å². The molecule has 2 atom stereocenters. The molecular weight excluding hydrogens is 446 g/mol. The van der Waals surface area contributed by atoms with Crippen molar-refractivity contribution in [3.8, 4) is 0 Å². The summed E-state index contributed by atoms with van der Waals surface area (Å²) in [5.41, 5.74) is 0. The molecule has 0 rings (SSSR count). The smallest absolute Gasteiger partial charge is 0.305 e. The van der Waals surface area contributed by atoms with E-state index >= 15 is 0 Å². The second-order valence-electron chi connectivity index (χ2n) is 9.40. The summed E-state index contributed by atoms with van der Waals surface area (Å²) in [5.74, 6) is -1.46. The number of carbonyl (C=O) groups excluding carboxylic acids is 2. The Morgan fingerprint density at radius 2 is 1.46 bits per heavy atom. The molecule has 0 aromatic carbocycles. The van der Waals surface area contributed by atoms with E-state index in [0.29, 0.717) is 6.42 Å². The zero-order valence-corrected chi connectivity index (χ0v) is 22.2. The third-order valence-electron chi connectivity index (χ3n) is 5.21. The summed E-state index contributed by atoms with van der Waals surface area (Å²) in [4.78, 5) is 23.0. The summed E-state index contributed by atoms with van der Waals surface area (Å²) in [6.45, 7) is 2.16. The van der Waals surface area contributed by atoms with Crippen molar-refractivity contribution in [3.05, 3.63) is 48.6 Å². The molecule has 0 aliphatic rings. The number of aliphatic hydroxyl groups excluding tert-OH is 1. The van der Waals surface area contributed by atoms with Crippen molar-refractivity contribution in [3.63, 3.8) is 0 Å². The molecule has 0 spiro atoms. The summed E-state index contributed by atoms with van der Waals surface area (Å²) in [5, 5.41) is 21.1. The van der Waals surface area contributed by atoms with E-state index in [4.69, 9.17) is 9.47 Å². The predicted molar refractivity (Wildman–Crippen MR) is 138 cm³/mol. The fourth-order valence-corrected chi connectivity index (χ4v) is 3.17. The standard InChI is InChI=1S/C28H47NO6/c1-5-6-7-8-9-10-11-12-13-14-15-16-17-18-19-20-27(31)35-24-25(30)23-34-22-21-26(28(32)33)29(2,3)4/h6-7,9-10,12-13,15-16,25-26,30H,5,8,11,14,17-24H2,1-4H3/b7-6-,10-9-,13-12-,16-15-. The first-order valence-corrected chi connectivity index (χ1v) is 12.7. The molecule has 0 heterocycles. The number of unbranched alkanes of at least 4 members (excludes halogenated alkanes) is 2. The summed E-state index contributed by atoms with van der Waals surface area (Å²) >= 11 is 0. The highest BCUT2D eigenvalue weighted by Gasteiger charge is 2.24. The molecule has 0 bridgehead atoms. The first kappa shape index (κ1) is 32.8. The van der Waals surface area contributed by atoms with Gasteiger partial charge in [0.05, 0.1) is 40.3 Å². The van der Waals surface area contributed by atoms with Crippen molar-refractivity contribution in [1.82, 2.24) is 0 Å². The zero-order valence-electron chi connectivity index (χ0n) is 22.2. The van der Waals surface area contributed by atoms with Crippen molar-refractivity contribution in [1.29, 1.82) is 0 Å². The van der Waals surface area contributed by atoms with Crippen LogP contribution in [0.3, 0.4) is 0 Å². The van der Waals surface area contributed by atoms with Crippen LogP contribution in [0.25, 0.3) is 0 Å². The van der Waals surface area contributed by atoms with Crippen LogP contribution < -0.4 is 5.11 Å². The second-order valence-corrected chi connectivity index (χ2v) is 9.40. The average molecular weight is 494 g/mol. The van der Waals surface area contributed by atoms with Crippen LogP contribution in [0, 0.1) is 0 Å². The van der Waals surface area contributed by atoms with Gasteiger partial charge in [0, 0.05) is 12.8 Å². The Balaban J connectivity index is 3.72. The van der Waals surface area contributed by atoms with Crippen LogP contribution in [0.4, 0.5) is 0 Å². The van der Waals surface area contributed by atoms with Gasteiger partial charge in [0.2, 0.25) is 0 Å². The molecule has 7 heteroatoms.